The first kappa shape index (κ1) is 24.8. The lowest BCUT2D eigenvalue weighted by molar-refractivity contribution is -0.117. The summed E-state index contributed by atoms with van der Waals surface area (Å²) in [6.45, 7) is 6.75. The first-order chi connectivity index (χ1) is 14.7. The zero-order valence-corrected chi connectivity index (χ0v) is 19.2. The molecule has 1 amide bonds. The Balaban J connectivity index is 1.95. The zero-order chi connectivity index (χ0) is 23.0. The number of likely N-dealkylation sites (N-methyl/N-ethyl adjacent to an activating group) is 1. The van der Waals surface area contributed by atoms with Crippen LogP contribution >= 0.6 is 0 Å². The Kier molecular flexibility index (Phi) is 8.97. The number of benzene rings is 2. The zero-order valence-electron chi connectivity index (χ0n) is 18.4. The van der Waals surface area contributed by atoms with Crippen LogP contribution in [0.25, 0.3) is 0 Å². The Morgan fingerprint density at radius 2 is 1.81 bits per heavy atom. The van der Waals surface area contributed by atoms with Gasteiger partial charge in [-0.2, -0.15) is 4.31 Å². The molecule has 0 aromatic heterocycles. The molecule has 0 heterocycles. The van der Waals surface area contributed by atoms with Crippen LogP contribution in [0, 0.1) is 12.7 Å². The van der Waals surface area contributed by atoms with Gasteiger partial charge >= 0.3 is 0 Å². The Hall–Kier alpha value is -2.49. The second kappa shape index (κ2) is 11.2. The number of nitrogens with zero attached hydrogens (tertiary/aromatic N) is 2. The summed E-state index contributed by atoms with van der Waals surface area (Å²) in [7, 11) is -1.88. The van der Waals surface area contributed by atoms with E-state index in [2.05, 4.69) is 5.32 Å². The van der Waals surface area contributed by atoms with Crippen molar-refractivity contribution in [3.05, 3.63) is 53.8 Å². The highest BCUT2D eigenvalue weighted by molar-refractivity contribution is 7.89. The van der Waals surface area contributed by atoms with Gasteiger partial charge < -0.3 is 10.1 Å². The Morgan fingerprint density at radius 3 is 2.45 bits per heavy atom. The third-order valence-electron chi connectivity index (χ3n) is 4.78. The van der Waals surface area contributed by atoms with Gasteiger partial charge in [-0.3, -0.25) is 9.69 Å². The largest absolute Gasteiger partial charge is 0.489 e. The molecule has 0 saturated heterocycles. The summed E-state index contributed by atoms with van der Waals surface area (Å²) < 4.78 is 46.0. The summed E-state index contributed by atoms with van der Waals surface area (Å²) >= 11 is 0. The highest BCUT2D eigenvalue weighted by atomic mass is 32.2. The summed E-state index contributed by atoms with van der Waals surface area (Å²) in [4.78, 5) is 14.3. The summed E-state index contributed by atoms with van der Waals surface area (Å²) in [5.74, 6) is -0.553. The minimum Gasteiger partial charge on any atom is -0.489 e. The van der Waals surface area contributed by atoms with E-state index in [9.17, 15) is 17.6 Å². The van der Waals surface area contributed by atoms with Gasteiger partial charge in [0.2, 0.25) is 15.9 Å². The molecule has 0 aliphatic heterocycles. The number of para-hydroxylation sites is 1. The van der Waals surface area contributed by atoms with Crippen molar-refractivity contribution >= 4 is 21.6 Å². The fraction of sp³-hybridized carbons (Fsp3) is 0.409. The summed E-state index contributed by atoms with van der Waals surface area (Å²) in [5.41, 5.74) is 1.03. The van der Waals surface area contributed by atoms with Crippen molar-refractivity contribution in [2.45, 2.75) is 25.7 Å². The molecular formula is C22H30FN3O4S. The van der Waals surface area contributed by atoms with Gasteiger partial charge in [0.1, 0.15) is 6.61 Å². The van der Waals surface area contributed by atoms with Gasteiger partial charge in [0.15, 0.2) is 11.6 Å². The maximum Gasteiger partial charge on any atom is 0.243 e. The molecule has 0 aliphatic carbocycles. The monoisotopic (exact) mass is 451 g/mol. The maximum atomic E-state index is 13.6. The van der Waals surface area contributed by atoms with E-state index in [1.54, 1.807) is 63.1 Å². The Labute approximate surface area is 183 Å². The van der Waals surface area contributed by atoms with Gasteiger partial charge in [-0.05, 0) is 43.8 Å². The molecule has 31 heavy (non-hydrogen) atoms. The van der Waals surface area contributed by atoms with Crippen molar-refractivity contribution in [1.82, 2.24) is 9.21 Å². The number of rotatable bonds is 11. The third-order valence-corrected chi connectivity index (χ3v) is 6.97. The summed E-state index contributed by atoms with van der Waals surface area (Å²) in [6.07, 6.45) is 0. The number of hydrogen-bond donors (Lipinski definition) is 1. The van der Waals surface area contributed by atoms with Crippen molar-refractivity contribution in [2.24, 2.45) is 0 Å². The second-order valence-electron chi connectivity index (χ2n) is 7.13. The number of halogens is 1. The lowest BCUT2D eigenvalue weighted by Gasteiger charge is -2.21. The quantitative estimate of drug-likeness (QED) is 0.568. The fourth-order valence-corrected chi connectivity index (χ4v) is 4.77. The smallest absolute Gasteiger partial charge is 0.243 e. The van der Waals surface area contributed by atoms with Crippen molar-refractivity contribution in [3.8, 4) is 5.75 Å². The number of carbonyl (C=O) groups excluding carboxylic acids is 1. The van der Waals surface area contributed by atoms with E-state index in [4.69, 9.17) is 4.74 Å². The third kappa shape index (κ3) is 6.75. The van der Waals surface area contributed by atoms with E-state index in [1.807, 2.05) is 0 Å². The molecule has 0 spiro atoms. The molecule has 2 rings (SSSR count). The van der Waals surface area contributed by atoms with Gasteiger partial charge in [0.25, 0.3) is 0 Å². The van der Waals surface area contributed by atoms with Crippen LogP contribution in [0.2, 0.25) is 0 Å². The van der Waals surface area contributed by atoms with Crippen LogP contribution < -0.4 is 10.1 Å². The SMILES string of the molecule is CCN(CC)S(=O)(=O)c1cc(NC(=O)CN(C)CCOc2ccccc2F)ccc1C. The maximum absolute atomic E-state index is 13.6. The lowest BCUT2D eigenvalue weighted by Crippen LogP contribution is -2.33. The minimum atomic E-state index is -3.63. The topological polar surface area (TPSA) is 79.0 Å². The van der Waals surface area contributed by atoms with Crippen LogP contribution in [0.15, 0.2) is 47.4 Å². The van der Waals surface area contributed by atoms with Gasteiger partial charge in [0.05, 0.1) is 11.4 Å². The molecule has 0 aliphatic rings. The number of ether oxygens (including phenoxy) is 1. The fourth-order valence-electron chi connectivity index (χ4n) is 3.06. The van der Waals surface area contributed by atoms with Gasteiger partial charge in [-0.25, -0.2) is 12.8 Å². The number of aryl methyl sites for hydroxylation is 1. The van der Waals surface area contributed by atoms with Crippen molar-refractivity contribution in [2.75, 3.05) is 45.2 Å². The van der Waals surface area contributed by atoms with E-state index in [0.29, 0.717) is 30.9 Å². The van der Waals surface area contributed by atoms with Crippen LogP contribution in [-0.4, -0.2) is 63.4 Å². The standard InChI is InChI=1S/C22H30FN3O4S/c1-5-26(6-2)31(28,29)21-15-18(12-11-17(21)3)24-22(27)16-25(4)13-14-30-20-10-8-7-9-19(20)23/h7-12,15H,5-6,13-14,16H2,1-4H3,(H,24,27). The molecule has 7 nitrogen and oxygen atoms in total. The van der Waals surface area contributed by atoms with Crippen molar-refractivity contribution in [1.29, 1.82) is 0 Å². The summed E-state index contributed by atoms with van der Waals surface area (Å²) in [6, 6.07) is 11.0. The molecule has 0 fully saturated rings. The highest BCUT2D eigenvalue weighted by Crippen LogP contribution is 2.23. The van der Waals surface area contributed by atoms with E-state index >= 15 is 0 Å². The lowest BCUT2D eigenvalue weighted by atomic mass is 10.2. The first-order valence-corrected chi connectivity index (χ1v) is 11.6. The number of anilines is 1. The van der Waals surface area contributed by atoms with Crippen molar-refractivity contribution < 1.29 is 22.3 Å². The van der Waals surface area contributed by atoms with Gasteiger partial charge in [-0.15, -0.1) is 0 Å². The molecule has 9 heteroatoms. The molecule has 2 aromatic rings. The van der Waals surface area contributed by atoms with Crippen LogP contribution in [-0.2, 0) is 14.8 Å². The van der Waals surface area contributed by atoms with Crippen LogP contribution in [0.5, 0.6) is 5.75 Å². The predicted molar refractivity (Wildman–Crippen MR) is 119 cm³/mol. The molecule has 0 atom stereocenters. The van der Waals surface area contributed by atoms with Crippen LogP contribution in [0.1, 0.15) is 19.4 Å². The average molecular weight is 452 g/mol. The van der Waals surface area contributed by atoms with Gasteiger partial charge in [0, 0.05) is 25.3 Å². The summed E-state index contributed by atoms with van der Waals surface area (Å²) in [5, 5.41) is 2.74. The Bertz CT molecular complexity index is 994. The average Bonchev–Trinajstić information content (AvgIpc) is 2.71. The van der Waals surface area contributed by atoms with E-state index in [1.165, 1.54) is 16.4 Å². The molecule has 1 N–H and O–H groups in total. The van der Waals surface area contributed by atoms with E-state index in [-0.39, 0.29) is 29.7 Å². The number of carbonyl (C=O) groups is 1. The van der Waals surface area contributed by atoms with Crippen molar-refractivity contribution in [3.63, 3.8) is 0 Å². The number of sulfonamides is 1. The molecule has 0 saturated carbocycles. The predicted octanol–water partition coefficient (Wildman–Crippen LogP) is 3.11. The first-order valence-electron chi connectivity index (χ1n) is 10.2. The normalized spacial score (nSPS) is 11.7. The van der Waals surface area contributed by atoms with Gasteiger partial charge in [-0.1, -0.05) is 32.0 Å². The number of amides is 1. The molecule has 0 unspecified atom stereocenters. The highest BCUT2D eigenvalue weighted by Gasteiger charge is 2.24. The minimum absolute atomic E-state index is 0.0760. The van der Waals surface area contributed by atoms with E-state index < -0.39 is 15.8 Å². The molecule has 170 valence electrons. The second-order valence-corrected chi connectivity index (χ2v) is 9.04. The van der Waals surface area contributed by atoms with Crippen LogP contribution in [0.3, 0.4) is 0 Å². The number of hydrogen-bond acceptors (Lipinski definition) is 5. The Morgan fingerprint density at radius 1 is 1.13 bits per heavy atom. The molecule has 2 aromatic carbocycles. The molecule has 0 radical (unpaired) electrons. The number of nitrogens with one attached hydrogen (secondary N) is 1. The van der Waals surface area contributed by atoms with Crippen LogP contribution in [0.4, 0.5) is 10.1 Å². The molecular weight excluding hydrogens is 421 g/mol. The molecule has 0 bridgehead atoms. The van der Waals surface area contributed by atoms with E-state index in [0.717, 1.165) is 0 Å².